The molecule has 0 radical (unpaired) electrons. The van der Waals surface area contributed by atoms with E-state index in [0.29, 0.717) is 31.0 Å². The number of nitrogens with one attached hydrogen (secondary N) is 1. The molecule has 1 aromatic carbocycles. The molecule has 0 spiro atoms. The van der Waals surface area contributed by atoms with E-state index >= 15 is 0 Å². The largest absolute Gasteiger partial charge is 0.457 e. The Bertz CT molecular complexity index is 594. The predicted molar refractivity (Wildman–Crippen MR) is 90.7 cm³/mol. The van der Waals surface area contributed by atoms with Gasteiger partial charge in [-0.15, -0.1) is 0 Å². The van der Waals surface area contributed by atoms with Gasteiger partial charge in [0.15, 0.2) is 0 Å². The van der Waals surface area contributed by atoms with E-state index in [1.54, 1.807) is 23.1 Å². The summed E-state index contributed by atoms with van der Waals surface area (Å²) in [6, 6.07) is 7.47. The van der Waals surface area contributed by atoms with E-state index in [1.807, 2.05) is 31.2 Å². The second-order valence-corrected chi connectivity index (χ2v) is 4.66. The summed E-state index contributed by atoms with van der Waals surface area (Å²) in [5, 5.41) is 2.38. The van der Waals surface area contributed by atoms with Crippen LogP contribution in [0, 0.1) is 0 Å². The van der Waals surface area contributed by atoms with Crippen molar-refractivity contribution in [3.8, 4) is 5.75 Å². The number of allylic oxidation sites excluding steroid dienone is 3. The Hall–Kier alpha value is -2.82. The Morgan fingerprint density at radius 1 is 1.39 bits per heavy atom. The van der Waals surface area contributed by atoms with Gasteiger partial charge in [0, 0.05) is 13.1 Å². The average molecular weight is 314 g/mol. The van der Waals surface area contributed by atoms with Crippen molar-refractivity contribution in [1.29, 1.82) is 0 Å². The maximum absolute atomic E-state index is 12.0. The highest BCUT2D eigenvalue weighted by atomic mass is 16.5. The number of rotatable bonds is 10. The second kappa shape index (κ2) is 10.00. The van der Waals surface area contributed by atoms with Crippen molar-refractivity contribution in [2.45, 2.75) is 13.5 Å². The maximum atomic E-state index is 12.0. The zero-order valence-electron chi connectivity index (χ0n) is 13.3. The van der Waals surface area contributed by atoms with Gasteiger partial charge in [-0.25, -0.2) is 0 Å². The van der Waals surface area contributed by atoms with Crippen molar-refractivity contribution in [2.24, 2.45) is 0 Å². The van der Waals surface area contributed by atoms with Crippen LogP contribution in [-0.2, 0) is 16.1 Å². The molecule has 0 bridgehead atoms. The Labute approximate surface area is 136 Å². The van der Waals surface area contributed by atoms with E-state index in [0.717, 1.165) is 5.56 Å². The van der Waals surface area contributed by atoms with Gasteiger partial charge in [-0.2, -0.15) is 0 Å². The number of carbonyl (C=O) groups is 2. The van der Waals surface area contributed by atoms with Gasteiger partial charge in [-0.05, 0) is 36.8 Å². The average Bonchev–Trinajstić information content (AvgIpc) is 2.57. The summed E-state index contributed by atoms with van der Waals surface area (Å²) >= 11 is 0. The standard InChI is InChI=1S/C18H22N2O3/c1-4-8-16(5-2)23-17-10-7-9-15(11-17)13-20(6-3)18(22)12-19-14-21/h4-5,7-11,14H,1-2,6,12-13H2,3H3,(H,19,21)/b16-8+. The molecule has 5 heteroatoms. The first-order valence-electron chi connectivity index (χ1n) is 7.31. The van der Waals surface area contributed by atoms with Gasteiger partial charge in [0.05, 0.1) is 6.54 Å². The van der Waals surface area contributed by atoms with Gasteiger partial charge in [0.25, 0.3) is 0 Å². The van der Waals surface area contributed by atoms with Crippen LogP contribution in [0.25, 0.3) is 0 Å². The van der Waals surface area contributed by atoms with E-state index in [9.17, 15) is 9.59 Å². The van der Waals surface area contributed by atoms with Gasteiger partial charge >= 0.3 is 0 Å². The smallest absolute Gasteiger partial charge is 0.242 e. The third kappa shape index (κ3) is 6.22. The van der Waals surface area contributed by atoms with Crippen LogP contribution in [0.2, 0.25) is 0 Å². The highest BCUT2D eigenvalue weighted by molar-refractivity contribution is 5.79. The lowest BCUT2D eigenvalue weighted by Crippen LogP contribution is -2.37. The summed E-state index contributed by atoms with van der Waals surface area (Å²) in [6.45, 7) is 10.2. The second-order valence-electron chi connectivity index (χ2n) is 4.66. The zero-order valence-corrected chi connectivity index (χ0v) is 13.3. The summed E-state index contributed by atoms with van der Waals surface area (Å²) in [4.78, 5) is 23.9. The van der Waals surface area contributed by atoms with E-state index < -0.39 is 0 Å². The number of nitrogens with zero attached hydrogens (tertiary/aromatic N) is 1. The van der Waals surface area contributed by atoms with E-state index in [2.05, 4.69) is 18.5 Å². The molecule has 5 nitrogen and oxygen atoms in total. The molecular weight excluding hydrogens is 292 g/mol. The van der Waals surface area contributed by atoms with Crippen LogP contribution in [0.3, 0.4) is 0 Å². The van der Waals surface area contributed by atoms with Gasteiger partial charge < -0.3 is 15.0 Å². The molecule has 0 saturated carbocycles. The molecule has 122 valence electrons. The third-order valence-electron chi connectivity index (χ3n) is 3.06. The van der Waals surface area contributed by atoms with Crippen molar-refractivity contribution in [1.82, 2.24) is 10.2 Å². The number of hydrogen-bond donors (Lipinski definition) is 1. The van der Waals surface area contributed by atoms with Crippen molar-refractivity contribution >= 4 is 12.3 Å². The van der Waals surface area contributed by atoms with Crippen LogP contribution < -0.4 is 10.1 Å². The molecule has 0 fully saturated rings. The topological polar surface area (TPSA) is 58.6 Å². The van der Waals surface area contributed by atoms with Crippen LogP contribution in [0.5, 0.6) is 5.75 Å². The quantitative estimate of drug-likeness (QED) is 0.410. The summed E-state index contributed by atoms with van der Waals surface area (Å²) < 4.78 is 5.69. The molecular formula is C18H22N2O3. The molecule has 0 aromatic heterocycles. The fraction of sp³-hybridized carbons (Fsp3) is 0.222. The van der Waals surface area contributed by atoms with Gasteiger partial charge in [-0.1, -0.05) is 31.4 Å². The first-order chi connectivity index (χ1) is 11.1. The van der Waals surface area contributed by atoms with Crippen LogP contribution in [-0.4, -0.2) is 30.3 Å². The third-order valence-corrected chi connectivity index (χ3v) is 3.06. The first kappa shape index (κ1) is 18.2. The van der Waals surface area contributed by atoms with Gasteiger partial charge in [0.2, 0.25) is 12.3 Å². The Balaban J connectivity index is 2.80. The lowest BCUT2D eigenvalue weighted by atomic mass is 10.2. The SMILES string of the molecule is C=C/C=C(\C=C)Oc1cccc(CN(CC)C(=O)CNC=O)c1. The normalized spacial score (nSPS) is 10.6. The van der Waals surface area contributed by atoms with Crippen LogP contribution in [0.1, 0.15) is 12.5 Å². The lowest BCUT2D eigenvalue weighted by Gasteiger charge is -2.21. The minimum Gasteiger partial charge on any atom is -0.457 e. The van der Waals surface area contributed by atoms with Crippen molar-refractivity contribution in [3.63, 3.8) is 0 Å². The summed E-state index contributed by atoms with van der Waals surface area (Å²) in [5.74, 6) is 1.12. The molecule has 0 saturated heterocycles. The zero-order chi connectivity index (χ0) is 17.1. The van der Waals surface area contributed by atoms with Crippen molar-refractivity contribution in [3.05, 3.63) is 67.0 Å². The van der Waals surface area contributed by atoms with Crippen LogP contribution in [0.15, 0.2) is 61.4 Å². The summed E-state index contributed by atoms with van der Waals surface area (Å²) in [6.07, 6.45) is 5.45. The van der Waals surface area contributed by atoms with E-state index in [-0.39, 0.29) is 12.5 Å². The molecule has 2 amide bonds. The number of ether oxygens (including phenoxy) is 1. The highest BCUT2D eigenvalue weighted by Gasteiger charge is 2.12. The summed E-state index contributed by atoms with van der Waals surface area (Å²) in [7, 11) is 0. The number of benzene rings is 1. The number of amides is 2. The molecule has 0 unspecified atom stereocenters. The summed E-state index contributed by atoms with van der Waals surface area (Å²) in [5.41, 5.74) is 0.936. The number of hydrogen-bond acceptors (Lipinski definition) is 3. The molecule has 0 atom stereocenters. The maximum Gasteiger partial charge on any atom is 0.242 e. The fourth-order valence-corrected chi connectivity index (χ4v) is 1.94. The molecule has 1 rings (SSSR count). The van der Waals surface area contributed by atoms with Crippen LogP contribution >= 0.6 is 0 Å². The van der Waals surface area contributed by atoms with Gasteiger partial charge in [0.1, 0.15) is 11.5 Å². The molecule has 1 aromatic rings. The minimum atomic E-state index is -0.135. The van der Waals surface area contributed by atoms with Gasteiger partial charge in [-0.3, -0.25) is 9.59 Å². The fourth-order valence-electron chi connectivity index (χ4n) is 1.94. The first-order valence-corrected chi connectivity index (χ1v) is 7.31. The Kier molecular flexibility index (Phi) is 7.92. The molecule has 1 N–H and O–H groups in total. The molecule has 0 heterocycles. The molecule has 0 aliphatic heterocycles. The highest BCUT2D eigenvalue weighted by Crippen LogP contribution is 2.18. The molecule has 0 aliphatic carbocycles. The lowest BCUT2D eigenvalue weighted by molar-refractivity contribution is -0.131. The minimum absolute atomic E-state index is 0.00375. The monoisotopic (exact) mass is 314 g/mol. The Morgan fingerprint density at radius 2 is 2.17 bits per heavy atom. The number of likely N-dealkylation sites (N-methyl/N-ethyl adjacent to an activating group) is 1. The Morgan fingerprint density at radius 3 is 2.78 bits per heavy atom. The predicted octanol–water partition coefficient (Wildman–Crippen LogP) is 2.42. The number of carbonyl (C=O) groups excluding carboxylic acids is 2. The molecule has 23 heavy (non-hydrogen) atoms. The van der Waals surface area contributed by atoms with E-state index in [1.165, 1.54) is 0 Å². The van der Waals surface area contributed by atoms with Crippen LogP contribution in [0.4, 0.5) is 0 Å². The van der Waals surface area contributed by atoms with E-state index in [4.69, 9.17) is 4.74 Å². The molecule has 0 aliphatic rings. The van der Waals surface area contributed by atoms with Crippen molar-refractivity contribution < 1.29 is 14.3 Å². The van der Waals surface area contributed by atoms with Crippen molar-refractivity contribution in [2.75, 3.05) is 13.1 Å².